The Hall–Kier alpha value is -2.78. The minimum Gasteiger partial charge on any atom is -0.399 e. The van der Waals surface area contributed by atoms with E-state index >= 15 is 0 Å². The van der Waals surface area contributed by atoms with Crippen LogP contribution in [0.5, 0.6) is 0 Å². The molecule has 0 saturated carbocycles. The van der Waals surface area contributed by atoms with Gasteiger partial charge in [0.2, 0.25) is 0 Å². The van der Waals surface area contributed by atoms with Gasteiger partial charge in [-0.3, -0.25) is 0 Å². The van der Waals surface area contributed by atoms with Crippen molar-refractivity contribution in [2.45, 2.75) is 90.9 Å². The van der Waals surface area contributed by atoms with Crippen molar-refractivity contribution in [1.29, 1.82) is 0 Å². The topological polar surface area (TPSA) is 40.2 Å². The lowest BCUT2D eigenvalue weighted by Crippen LogP contribution is -2.41. The van der Waals surface area contributed by atoms with Crippen molar-refractivity contribution in [1.82, 2.24) is 0 Å². The number of rotatable bonds is 5. The highest BCUT2D eigenvalue weighted by Gasteiger charge is 2.52. The van der Waals surface area contributed by atoms with Gasteiger partial charge < -0.3 is 23.5 Å². The Balaban J connectivity index is 1.52. The van der Waals surface area contributed by atoms with Crippen LogP contribution in [-0.2, 0) is 24.8 Å². The summed E-state index contributed by atoms with van der Waals surface area (Å²) < 4.78 is 66.3. The molecule has 2 heterocycles. The number of benzene rings is 3. The molecule has 0 amide bonds. The van der Waals surface area contributed by atoms with Crippen LogP contribution >= 0.6 is 0 Å². The summed E-state index contributed by atoms with van der Waals surface area (Å²) in [6.07, 6.45) is -4.48. The maximum absolute atomic E-state index is 13.8. The summed E-state index contributed by atoms with van der Waals surface area (Å²) >= 11 is 0. The normalized spacial score (nSPS) is 20.7. The van der Waals surface area contributed by atoms with E-state index in [0.717, 1.165) is 17.0 Å². The molecule has 10 heteroatoms. The number of anilines is 3. The molecule has 0 aromatic heterocycles. The van der Waals surface area contributed by atoms with Gasteiger partial charge in [0.15, 0.2) is 0 Å². The van der Waals surface area contributed by atoms with Gasteiger partial charge in [-0.1, -0.05) is 24.3 Å². The van der Waals surface area contributed by atoms with Crippen molar-refractivity contribution in [3.63, 3.8) is 0 Å². The van der Waals surface area contributed by atoms with E-state index in [0.29, 0.717) is 22.6 Å². The Morgan fingerprint density at radius 2 is 0.905 bits per heavy atom. The first-order valence-corrected chi connectivity index (χ1v) is 14.2. The van der Waals surface area contributed by atoms with Crippen LogP contribution in [-0.4, -0.2) is 36.6 Å². The SMILES string of the molecule is Cc1cc(N(c2ccc(B3OC(C)(C)C(C)(C)O3)cc2)c2ccc(B3OC(C)(C)C(C)(C)O3)cc2)cc(C(F)(F)F)c1. The molecule has 0 unspecified atom stereocenters. The number of alkyl halides is 3. The minimum absolute atomic E-state index is 0.397. The zero-order valence-corrected chi connectivity index (χ0v) is 25.7. The molecule has 5 rings (SSSR count). The zero-order chi connectivity index (χ0) is 30.9. The van der Waals surface area contributed by atoms with E-state index in [-0.39, 0.29) is 0 Å². The summed E-state index contributed by atoms with van der Waals surface area (Å²) in [4.78, 5) is 1.81. The van der Waals surface area contributed by atoms with Crippen molar-refractivity contribution in [2.75, 3.05) is 4.90 Å². The number of aryl methyl sites for hydroxylation is 1. The maximum atomic E-state index is 13.8. The quantitative estimate of drug-likeness (QED) is 0.302. The van der Waals surface area contributed by atoms with Gasteiger partial charge in [0, 0.05) is 17.1 Å². The van der Waals surface area contributed by atoms with Crippen LogP contribution in [0.25, 0.3) is 0 Å². The fourth-order valence-corrected chi connectivity index (χ4v) is 5.02. The summed E-state index contributed by atoms with van der Waals surface area (Å²) in [5.41, 5.74) is 1.28. The molecule has 42 heavy (non-hydrogen) atoms. The van der Waals surface area contributed by atoms with Crippen molar-refractivity contribution in [3.05, 3.63) is 77.9 Å². The Bertz CT molecular complexity index is 1340. The van der Waals surface area contributed by atoms with Gasteiger partial charge in [0.05, 0.1) is 28.0 Å². The van der Waals surface area contributed by atoms with Gasteiger partial charge in [0.1, 0.15) is 0 Å². The van der Waals surface area contributed by atoms with Crippen molar-refractivity contribution >= 4 is 42.2 Å². The largest absolute Gasteiger partial charge is 0.494 e. The van der Waals surface area contributed by atoms with Gasteiger partial charge in [-0.25, -0.2) is 0 Å². The molecule has 222 valence electrons. The fourth-order valence-electron chi connectivity index (χ4n) is 5.02. The van der Waals surface area contributed by atoms with E-state index in [1.165, 1.54) is 6.07 Å². The number of halogens is 3. The number of nitrogens with zero attached hydrogens (tertiary/aromatic N) is 1. The van der Waals surface area contributed by atoms with E-state index in [1.54, 1.807) is 13.0 Å². The van der Waals surface area contributed by atoms with Gasteiger partial charge in [-0.15, -0.1) is 0 Å². The van der Waals surface area contributed by atoms with Gasteiger partial charge in [0.25, 0.3) is 0 Å². The lowest BCUT2D eigenvalue weighted by Gasteiger charge is -2.32. The van der Waals surface area contributed by atoms with Crippen LogP contribution in [0.2, 0.25) is 0 Å². The molecular weight excluding hydrogens is 541 g/mol. The molecule has 5 nitrogen and oxygen atoms in total. The smallest absolute Gasteiger partial charge is 0.399 e. The predicted octanol–water partition coefficient (Wildman–Crippen LogP) is 7.08. The second-order valence-electron chi connectivity index (χ2n) is 13.2. The lowest BCUT2D eigenvalue weighted by molar-refractivity contribution is -0.137. The van der Waals surface area contributed by atoms with Crippen LogP contribution < -0.4 is 15.8 Å². The summed E-state index contributed by atoms with van der Waals surface area (Å²) in [6, 6.07) is 19.1. The first kappa shape index (κ1) is 30.7. The number of hydrogen-bond donors (Lipinski definition) is 0. The van der Waals surface area contributed by atoms with E-state index in [9.17, 15) is 13.2 Å². The Labute approximate surface area is 247 Å². The first-order chi connectivity index (χ1) is 19.3. The molecular formula is C32H38B2F3NO4. The lowest BCUT2D eigenvalue weighted by atomic mass is 9.79. The Kier molecular flexibility index (Phi) is 7.41. The van der Waals surface area contributed by atoms with Gasteiger partial charge in [-0.05, 0) is 121 Å². The van der Waals surface area contributed by atoms with Crippen molar-refractivity contribution in [2.24, 2.45) is 0 Å². The summed E-state index contributed by atoms with van der Waals surface area (Å²) in [7, 11) is -1.10. The molecule has 0 atom stereocenters. The second kappa shape index (κ2) is 10.2. The fraction of sp³-hybridized carbons (Fsp3) is 0.438. The van der Waals surface area contributed by atoms with Crippen LogP contribution in [0.1, 0.15) is 66.5 Å². The highest BCUT2D eigenvalue weighted by Crippen LogP contribution is 2.41. The molecule has 0 N–H and O–H groups in total. The molecule has 2 aliphatic rings. The third-order valence-electron chi connectivity index (χ3n) is 9.00. The first-order valence-electron chi connectivity index (χ1n) is 14.2. The Morgan fingerprint density at radius 3 is 1.24 bits per heavy atom. The highest BCUT2D eigenvalue weighted by molar-refractivity contribution is 6.62. The minimum atomic E-state index is -4.48. The zero-order valence-electron chi connectivity index (χ0n) is 25.7. The van der Waals surface area contributed by atoms with Crippen molar-refractivity contribution < 1.29 is 31.8 Å². The molecule has 0 bridgehead atoms. The molecule has 2 saturated heterocycles. The average Bonchev–Trinajstić information content (AvgIpc) is 3.23. The van der Waals surface area contributed by atoms with Crippen LogP contribution in [0.4, 0.5) is 30.2 Å². The van der Waals surface area contributed by atoms with Crippen LogP contribution in [0, 0.1) is 6.92 Å². The van der Waals surface area contributed by atoms with Crippen LogP contribution in [0.3, 0.4) is 0 Å². The summed E-state index contributed by atoms with van der Waals surface area (Å²) in [6.45, 7) is 17.6. The standard InChI is InChI=1S/C32H38B2F3NO4/c1-21-18-22(32(35,36)37)20-27(19-21)38(25-14-10-23(11-15-25)33-39-28(2,3)29(4,5)40-33)26-16-12-24(13-17-26)34-41-30(6,7)31(8,9)42-34/h10-20H,1-9H3. The van der Waals surface area contributed by atoms with E-state index in [2.05, 4.69) is 0 Å². The molecule has 3 aromatic carbocycles. The van der Waals surface area contributed by atoms with Gasteiger partial charge >= 0.3 is 20.4 Å². The molecule has 0 aliphatic carbocycles. The summed E-state index contributed by atoms with van der Waals surface area (Å²) in [5.74, 6) is 0. The third kappa shape index (κ3) is 5.62. The van der Waals surface area contributed by atoms with Crippen LogP contribution in [0.15, 0.2) is 66.7 Å². The summed E-state index contributed by atoms with van der Waals surface area (Å²) in [5, 5.41) is 0. The maximum Gasteiger partial charge on any atom is 0.494 e. The molecule has 3 aromatic rings. The highest BCUT2D eigenvalue weighted by atomic mass is 19.4. The third-order valence-corrected chi connectivity index (χ3v) is 9.00. The van der Waals surface area contributed by atoms with Crippen molar-refractivity contribution in [3.8, 4) is 0 Å². The number of hydrogen-bond acceptors (Lipinski definition) is 5. The second-order valence-corrected chi connectivity index (χ2v) is 13.2. The predicted molar refractivity (Wildman–Crippen MR) is 162 cm³/mol. The van der Waals surface area contributed by atoms with E-state index in [4.69, 9.17) is 18.6 Å². The molecule has 0 radical (unpaired) electrons. The Morgan fingerprint density at radius 1 is 0.548 bits per heavy atom. The van der Waals surface area contributed by atoms with E-state index < -0.39 is 48.4 Å². The molecule has 0 spiro atoms. The van der Waals surface area contributed by atoms with Gasteiger partial charge in [-0.2, -0.15) is 13.2 Å². The monoisotopic (exact) mass is 579 g/mol. The molecule has 2 fully saturated rings. The average molecular weight is 579 g/mol. The molecule has 2 aliphatic heterocycles. The van der Waals surface area contributed by atoms with E-state index in [1.807, 2.05) is 109 Å².